The van der Waals surface area contributed by atoms with Gasteiger partial charge in [-0.15, -0.1) is 6.58 Å². The van der Waals surface area contributed by atoms with Crippen LogP contribution in [0.1, 0.15) is 11.1 Å². The lowest BCUT2D eigenvalue weighted by molar-refractivity contribution is 1.21. The van der Waals surface area contributed by atoms with Crippen molar-refractivity contribution in [2.75, 3.05) is 17.6 Å². The second-order valence-electron chi connectivity index (χ2n) is 2.71. The number of pyridine rings is 1. The van der Waals surface area contributed by atoms with Crippen molar-refractivity contribution in [1.29, 1.82) is 10.5 Å². The number of nitrogens with zero attached hydrogens (tertiary/aromatic N) is 3. The van der Waals surface area contributed by atoms with Crippen molar-refractivity contribution in [3.05, 3.63) is 29.8 Å². The van der Waals surface area contributed by atoms with Crippen molar-refractivity contribution in [3.8, 4) is 12.1 Å². The molecule has 0 fully saturated rings. The third kappa shape index (κ3) is 2.23. The normalized spacial score (nSPS) is 8.67. The lowest BCUT2D eigenvalue weighted by Crippen LogP contribution is -2.06. The lowest BCUT2D eigenvalue weighted by atomic mass is 10.2. The van der Waals surface area contributed by atoms with Crippen LogP contribution in [-0.4, -0.2) is 11.5 Å². The minimum absolute atomic E-state index is 0.114. The number of anilines is 2. The van der Waals surface area contributed by atoms with Crippen molar-refractivity contribution < 1.29 is 0 Å². The first-order valence-corrected chi connectivity index (χ1v) is 4.18. The first-order chi connectivity index (χ1) is 7.22. The maximum Gasteiger partial charge on any atom is 0.146 e. The van der Waals surface area contributed by atoms with Crippen molar-refractivity contribution in [2.24, 2.45) is 0 Å². The van der Waals surface area contributed by atoms with Gasteiger partial charge in [0, 0.05) is 6.54 Å². The van der Waals surface area contributed by atoms with Gasteiger partial charge >= 0.3 is 0 Å². The quantitative estimate of drug-likeness (QED) is 0.707. The summed E-state index contributed by atoms with van der Waals surface area (Å²) in [6.07, 6.45) is 1.64. The van der Waals surface area contributed by atoms with E-state index in [2.05, 4.69) is 16.9 Å². The van der Waals surface area contributed by atoms with Crippen LogP contribution in [0.4, 0.5) is 11.6 Å². The van der Waals surface area contributed by atoms with E-state index in [0.717, 1.165) is 0 Å². The number of nitriles is 2. The van der Waals surface area contributed by atoms with Crippen LogP contribution in [0.3, 0.4) is 0 Å². The molecule has 0 aliphatic heterocycles. The highest BCUT2D eigenvalue weighted by Gasteiger charge is 2.08. The molecule has 0 aromatic carbocycles. The third-order valence-electron chi connectivity index (χ3n) is 1.71. The van der Waals surface area contributed by atoms with Gasteiger partial charge in [0.2, 0.25) is 0 Å². The lowest BCUT2D eigenvalue weighted by Gasteiger charge is -2.06. The zero-order chi connectivity index (χ0) is 11.3. The van der Waals surface area contributed by atoms with Crippen LogP contribution in [0.5, 0.6) is 0 Å². The van der Waals surface area contributed by atoms with Crippen LogP contribution in [0.15, 0.2) is 18.7 Å². The first-order valence-electron chi connectivity index (χ1n) is 4.18. The maximum absolute atomic E-state index is 8.82. The number of hydrogen-bond donors (Lipinski definition) is 2. The van der Waals surface area contributed by atoms with Gasteiger partial charge in [-0.3, -0.25) is 0 Å². The van der Waals surface area contributed by atoms with E-state index in [0.29, 0.717) is 17.9 Å². The molecule has 0 saturated carbocycles. The predicted octanol–water partition coefficient (Wildman–Crippen LogP) is 1.01. The largest absolute Gasteiger partial charge is 0.383 e. The molecule has 0 amide bonds. The van der Waals surface area contributed by atoms with Crippen LogP contribution in [0, 0.1) is 22.7 Å². The summed E-state index contributed by atoms with van der Waals surface area (Å²) in [5.74, 6) is 0.483. The Morgan fingerprint density at radius 1 is 1.47 bits per heavy atom. The van der Waals surface area contributed by atoms with E-state index in [-0.39, 0.29) is 11.4 Å². The average molecular weight is 199 g/mol. The summed E-state index contributed by atoms with van der Waals surface area (Å²) in [7, 11) is 0. The molecule has 0 saturated heterocycles. The average Bonchev–Trinajstić information content (AvgIpc) is 2.26. The van der Waals surface area contributed by atoms with E-state index in [1.54, 1.807) is 6.08 Å². The van der Waals surface area contributed by atoms with Crippen LogP contribution in [-0.2, 0) is 0 Å². The Labute approximate surface area is 87.5 Å². The standard InChI is InChI=1S/C10H9N5/c1-2-3-14-10-8(6-12)4-7(5-11)9(13)15-10/h2,4H,1,3H2,(H3,13,14,15). The zero-order valence-corrected chi connectivity index (χ0v) is 7.99. The summed E-state index contributed by atoms with van der Waals surface area (Å²) in [6.45, 7) is 4.01. The van der Waals surface area contributed by atoms with Crippen LogP contribution < -0.4 is 11.1 Å². The summed E-state index contributed by atoms with van der Waals surface area (Å²) in [5.41, 5.74) is 6.02. The van der Waals surface area contributed by atoms with Gasteiger partial charge in [-0.25, -0.2) is 4.98 Å². The fourth-order valence-corrected chi connectivity index (χ4v) is 1.01. The Morgan fingerprint density at radius 2 is 2.13 bits per heavy atom. The van der Waals surface area contributed by atoms with Gasteiger partial charge in [0.1, 0.15) is 23.8 Å². The molecule has 5 heteroatoms. The van der Waals surface area contributed by atoms with E-state index in [9.17, 15) is 0 Å². The topological polar surface area (TPSA) is 98.5 Å². The molecule has 3 N–H and O–H groups in total. The smallest absolute Gasteiger partial charge is 0.146 e. The molecule has 1 heterocycles. The van der Waals surface area contributed by atoms with Crippen molar-refractivity contribution in [3.63, 3.8) is 0 Å². The number of rotatable bonds is 3. The highest BCUT2D eigenvalue weighted by molar-refractivity contribution is 5.62. The number of nitrogen functional groups attached to an aromatic ring is 1. The second kappa shape index (κ2) is 4.64. The van der Waals surface area contributed by atoms with Crippen molar-refractivity contribution >= 4 is 11.6 Å². The minimum atomic E-state index is 0.114. The van der Waals surface area contributed by atoms with Crippen LogP contribution in [0.2, 0.25) is 0 Å². The van der Waals surface area contributed by atoms with Crippen molar-refractivity contribution in [1.82, 2.24) is 4.98 Å². The molecule has 0 aliphatic carbocycles. The molecule has 1 aromatic heterocycles. The van der Waals surface area contributed by atoms with Gasteiger partial charge in [0.25, 0.3) is 0 Å². The van der Waals surface area contributed by atoms with Gasteiger partial charge in [-0.2, -0.15) is 10.5 Å². The molecule has 0 spiro atoms. The minimum Gasteiger partial charge on any atom is -0.383 e. The third-order valence-corrected chi connectivity index (χ3v) is 1.71. The van der Waals surface area contributed by atoms with E-state index < -0.39 is 0 Å². The molecule has 5 nitrogen and oxygen atoms in total. The summed E-state index contributed by atoms with van der Waals surface area (Å²) in [4.78, 5) is 3.93. The molecular weight excluding hydrogens is 190 g/mol. The summed E-state index contributed by atoms with van der Waals surface area (Å²) < 4.78 is 0. The fraction of sp³-hybridized carbons (Fsp3) is 0.100. The fourth-order valence-electron chi connectivity index (χ4n) is 1.01. The Balaban J connectivity index is 3.18. The number of nitrogens with one attached hydrogen (secondary N) is 1. The van der Waals surface area contributed by atoms with Crippen molar-refractivity contribution in [2.45, 2.75) is 0 Å². The molecule has 1 aromatic rings. The van der Waals surface area contributed by atoms with E-state index in [1.165, 1.54) is 6.07 Å². The molecule has 0 aliphatic rings. The van der Waals surface area contributed by atoms with Gasteiger partial charge in [0.15, 0.2) is 0 Å². The van der Waals surface area contributed by atoms with Gasteiger partial charge in [-0.1, -0.05) is 6.08 Å². The second-order valence-corrected chi connectivity index (χ2v) is 2.71. The predicted molar refractivity (Wildman–Crippen MR) is 56.8 cm³/mol. The monoisotopic (exact) mass is 199 g/mol. The van der Waals surface area contributed by atoms with Crippen LogP contribution in [0.25, 0.3) is 0 Å². The molecule has 0 unspecified atom stereocenters. The Bertz CT molecular complexity index is 464. The highest BCUT2D eigenvalue weighted by Crippen LogP contribution is 2.17. The number of aromatic nitrogens is 1. The maximum atomic E-state index is 8.82. The molecule has 1 rings (SSSR count). The van der Waals surface area contributed by atoms with E-state index in [4.69, 9.17) is 16.3 Å². The Hall–Kier alpha value is -2.53. The molecular formula is C10H9N5. The van der Waals surface area contributed by atoms with E-state index in [1.807, 2.05) is 12.1 Å². The Kier molecular flexibility index (Phi) is 3.26. The van der Waals surface area contributed by atoms with Gasteiger partial charge in [0.05, 0.1) is 11.1 Å². The molecule has 0 radical (unpaired) electrons. The molecule has 15 heavy (non-hydrogen) atoms. The number of nitrogens with two attached hydrogens (primary N) is 1. The first kappa shape index (κ1) is 10.6. The summed E-state index contributed by atoms with van der Waals surface area (Å²) in [5, 5.41) is 20.4. The summed E-state index contributed by atoms with van der Waals surface area (Å²) in [6, 6.07) is 5.22. The highest BCUT2D eigenvalue weighted by atomic mass is 15.0. The Morgan fingerprint density at radius 3 is 2.67 bits per heavy atom. The molecule has 0 atom stereocenters. The van der Waals surface area contributed by atoms with Gasteiger partial charge in [-0.05, 0) is 6.07 Å². The van der Waals surface area contributed by atoms with Gasteiger partial charge < -0.3 is 11.1 Å². The van der Waals surface area contributed by atoms with E-state index >= 15 is 0 Å². The molecule has 0 bridgehead atoms. The number of hydrogen-bond acceptors (Lipinski definition) is 5. The van der Waals surface area contributed by atoms with Crippen LogP contribution >= 0.6 is 0 Å². The summed E-state index contributed by atoms with van der Waals surface area (Å²) >= 11 is 0. The SMILES string of the molecule is C=CCNc1nc(N)c(C#N)cc1C#N. The zero-order valence-electron chi connectivity index (χ0n) is 7.99. The molecule has 74 valence electrons.